The van der Waals surface area contributed by atoms with Crippen molar-refractivity contribution < 1.29 is 4.79 Å². The van der Waals surface area contributed by atoms with Gasteiger partial charge in [0, 0.05) is 56.0 Å². The maximum Gasteiger partial charge on any atom is 0.229 e. The molecule has 27 heavy (non-hydrogen) atoms. The Kier molecular flexibility index (Phi) is 5.21. The molecule has 2 aliphatic rings. The Morgan fingerprint density at radius 2 is 2.04 bits per heavy atom. The number of benzene rings is 1. The lowest BCUT2D eigenvalue weighted by Gasteiger charge is -2.34. The van der Waals surface area contributed by atoms with Gasteiger partial charge in [0.15, 0.2) is 0 Å². The molecule has 1 fully saturated rings. The first-order valence-electron chi connectivity index (χ1n) is 9.99. The van der Waals surface area contributed by atoms with Crippen LogP contribution in [0.25, 0.3) is 0 Å². The number of nitrogens with zero attached hydrogens (tertiary/aromatic N) is 4. The minimum atomic E-state index is -0.107. The smallest absolute Gasteiger partial charge is 0.229 e. The molecule has 3 heterocycles. The third-order valence-electron chi connectivity index (χ3n) is 5.91. The predicted octanol–water partition coefficient (Wildman–Crippen LogP) is 2.97. The number of likely N-dealkylation sites (tertiary alicyclic amines) is 1. The number of hydrogen-bond acceptors (Lipinski definition) is 4. The summed E-state index contributed by atoms with van der Waals surface area (Å²) in [5.74, 6) is 1.27. The standard InChI is InChI=1S/C22H28N4O/c1-16(17-7-4-3-5-8-17)22(27)26-11-6-9-18(15-26)21-23-13-19-14-25(2)12-10-20(19)24-21/h3-5,7-8,13,16,18H,6,9-12,14-15H2,1-2H3/t16-,18-/m0/s1. The van der Waals surface area contributed by atoms with Gasteiger partial charge < -0.3 is 9.80 Å². The van der Waals surface area contributed by atoms with E-state index in [4.69, 9.17) is 4.98 Å². The van der Waals surface area contributed by atoms with Gasteiger partial charge in [0.1, 0.15) is 5.82 Å². The van der Waals surface area contributed by atoms with Crippen molar-refractivity contribution in [2.75, 3.05) is 26.7 Å². The highest BCUT2D eigenvalue weighted by molar-refractivity contribution is 5.83. The molecule has 2 atom stereocenters. The lowest BCUT2D eigenvalue weighted by atomic mass is 9.93. The summed E-state index contributed by atoms with van der Waals surface area (Å²) in [6, 6.07) is 10.1. The molecule has 0 N–H and O–H groups in total. The number of hydrogen-bond donors (Lipinski definition) is 0. The lowest BCUT2D eigenvalue weighted by molar-refractivity contribution is -0.133. The maximum absolute atomic E-state index is 13.0. The van der Waals surface area contributed by atoms with Crippen molar-refractivity contribution in [3.8, 4) is 0 Å². The molecule has 1 saturated heterocycles. The van der Waals surface area contributed by atoms with Gasteiger partial charge in [-0.3, -0.25) is 4.79 Å². The Labute approximate surface area is 161 Å². The van der Waals surface area contributed by atoms with Crippen LogP contribution in [0.3, 0.4) is 0 Å². The first-order valence-corrected chi connectivity index (χ1v) is 9.99. The van der Waals surface area contributed by atoms with Gasteiger partial charge in [0.2, 0.25) is 5.91 Å². The highest BCUT2D eigenvalue weighted by Crippen LogP contribution is 2.28. The molecular formula is C22H28N4O. The molecule has 0 bridgehead atoms. The van der Waals surface area contributed by atoms with Crippen molar-refractivity contribution in [1.82, 2.24) is 19.8 Å². The molecule has 142 valence electrons. The summed E-state index contributed by atoms with van der Waals surface area (Å²) in [6.45, 7) is 5.55. The molecule has 5 heteroatoms. The minimum absolute atomic E-state index is 0.107. The van der Waals surface area contributed by atoms with E-state index >= 15 is 0 Å². The van der Waals surface area contributed by atoms with Crippen molar-refractivity contribution in [1.29, 1.82) is 0 Å². The Morgan fingerprint density at radius 1 is 1.22 bits per heavy atom. The third kappa shape index (κ3) is 3.88. The number of carbonyl (C=O) groups excluding carboxylic acids is 1. The van der Waals surface area contributed by atoms with Crippen LogP contribution in [0.5, 0.6) is 0 Å². The van der Waals surface area contributed by atoms with Crippen LogP contribution in [0.15, 0.2) is 36.5 Å². The number of amides is 1. The number of fused-ring (bicyclic) bond motifs is 1. The quantitative estimate of drug-likeness (QED) is 0.840. The summed E-state index contributed by atoms with van der Waals surface area (Å²) in [6.07, 6.45) is 5.06. The Hall–Kier alpha value is -2.27. The summed E-state index contributed by atoms with van der Waals surface area (Å²) in [5, 5.41) is 0. The summed E-state index contributed by atoms with van der Waals surface area (Å²) in [5.41, 5.74) is 3.52. The van der Waals surface area contributed by atoms with E-state index in [-0.39, 0.29) is 17.7 Å². The molecule has 1 amide bonds. The molecule has 1 aromatic carbocycles. The van der Waals surface area contributed by atoms with E-state index in [1.807, 2.05) is 48.4 Å². The highest BCUT2D eigenvalue weighted by Gasteiger charge is 2.30. The van der Waals surface area contributed by atoms with Gasteiger partial charge in [-0.15, -0.1) is 0 Å². The molecule has 0 unspecified atom stereocenters. The largest absolute Gasteiger partial charge is 0.341 e. The zero-order chi connectivity index (χ0) is 18.8. The van der Waals surface area contributed by atoms with E-state index in [0.29, 0.717) is 0 Å². The SMILES string of the molecule is C[C@H](C(=O)N1CCC[C@H](c2ncc3c(n2)CCN(C)C3)C1)c1ccccc1. The molecule has 2 aromatic rings. The summed E-state index contributed by atoms with van der Waals surface area (Å²) in [4.78, 5) is 26.9. The van der Waals surface area contributed by atoms with Gasteiger partial charge in [-0.1, -0.05) is 30.3 Å². The second-order valence-corrected chi connectivity index (χ2v) is 7.94. The Bertz CT molecular complexity index is 807. The summed E-state index contributed by atoms with van der Waals surface area (Å²) >= 11 is 0. The average Bonchev–Trinajstić information content (AvgIpc) is 2.73. The van der Waals surface area contributed by atoms with Crippen LogP contribution in [0, 0.1) is 0 Å². The highest BCUT2D eigenvalue weighted by atomic mass is 16.2. The number of likely N-dealkylation sites (N-methyl/N-ethyl adjacent to an activating group) is 1. The van der Waals surface area contributed by atoms with Crippen molar-refractivity contribution in [2.24, 2.45) is 0 Å². The first-order chi connectivity index (χ1) is 13.1. The van der Waals surface area contributed by atoms with E-state index in [0.717, 1.165) is 56.8 Å². The fraction of sp³-hybridized carbons (Fsp3) is 0.500. The van der Waals surface area contributed by atoms with Crippen LogP contribution in [0.4, 0.5) is 0 Å². The van der Waals surface area contributed by atoms with Gasteiger partial charge in [0.05, 0.1) is 5.92 Å². The van der Waals surface area contributed by atoms with Crippen molar-refractivity contribution in [3.05, 3.63) is 59.2 Å². The zero-order valence-electron chi connectivity index (χ0n) is 16.3. The third-order valence-corrected chi connectivity index (χ3v) is 5.91. The van der Waals surface area contributed by atoms with Gasteiger partial charge in [-0.05, 0) is 32.4 Å². The fourth-order valence-corrected chi connectivity index (χ4v) is 4.22. The second-order valence-electron chi connectivity index (χ2n) is 7.94. The molecule has 0 spiro atoms. The molecule has 0 aliphatic carbocycles. The van der Waals surface area contributed by atoms with Gasteiger partial charge in [0.25, 0.3) is 0 Å². The van der Waals surface area contributed by atoms with Gasteiger partial charge in [-0.2, -0.15) is 0 Å². The van der Waals surface area contributed by atoms with Crippen LogP contribution in [0.1, 0.15) is 54.2 Å². The van der Waals surface area contributed by atoms with E-state index < -0.39 is 0 Å². The van der Waals surface area contributed by atoms with Crippen LogP contribution in [-0.2, 0) is 17.8 Å². The van der Waals surface area contributed by atoms with E-state index in [9.17, 15) is 4.79 Å². The van der Waals surface area contributed by atoms with Gasteiger partial charge >= 0.3 is 0 Å². The summed E-state index contributed by atoms with van der Waals surface area (Å²) in [7, 11) is 2.13. The average molecular weight is 364 g/mol. The molecule has 1 aromatic heterocycles. The predicted molar refractivity (Wildman–Crippen MR) is 105 cm³/mol. The lowest BCUT2D eigenvalue weighted by Crippen LogP contribution is -2.41. The van der Waals surface area contributed by atoms with Crippen LogP contribution < -0.4 is 0 Å². The Balaban J connectivity index is 1.47. The number of rotatable bonds is 3. The molecule has 4 rings (SSSR count). The zero-order valence-corrected chi connectivity index (χ0v) is 16.3. The number of piperidine rings is 1. The van der Waals surface area contributed by atoms with E-state index in [2.05, 4.69) is 16.9 Å². The maximum atomic E-state index is 13.0. The number of aromatic nitrogens is 2. The van der Waals surface area contributed by atoms with Crippen LogP contribution in [-0.4, -0.2) is 52.4 Å². The minimum Gasteiger partial charge on any atom is -0.341 e. The topological polar surface area (TPSA) is 49.3 Å². The molecular weight excluding hydrogens is 336 g/mol. The molecule has 0 saturated carbocycles. The molecule has 2 aliphatic heterocycles. The summed E-state index contributed by atoms with van der Waals surface area (Å²) < 4.78 is 0. The van der Waals surface area contributed by atoms with Crippen molar-refractivity contribution in [2.45, 2.75) is 44.6 Å². The first kappa shape index (κ1) is 18.1. The fourth-order valence-electron chi connectivity index (χ4n) is 4.22. The van der Waals surface area contributed by atoms with E-state index in [1.54, 1.807) is 0 Å². The Morgan fingerprint density at radius 3 is 2.85 bits per heavy atom. The number of carbonyl (C=O) groups is 1. The van der Waals surface area contributed by atoms with Crippen LogP contribution >= 0.6 is 0 Å². The van der Waals surface area contributed by atoms with Crippen molar-refractivity contribution in [3.63, 3.8) is 0 Å². The van der Waals surface area contributed by atoms with Crippen molar-refractivity contribution >= 4 is 5.91 Å². The molecule has 0 radical (unpaired) electrons. The monoisotopic (exact) mass is 364 g/mol. The second kappa shape index (κ2) is 7.77. The normalized spacial score (nSPS) is 21.6. The van der Waals surface area contributed by atoms with Crippen LogP contribution in [0.2, 0.25) is 0 Å². The van der Waals surface area contributed by atoms with Gasteiger partial charge in [-0.25, -0.2) is 9.97 Å². The molecule has 5 nitrogen and oxygen atoms in total. The van der Waals surface area contributed by atoms with E-state index in [1.165, 1.54) is 11.3 Å².